The third-order valence-electron chi connectivity index (χ3n) is 4.16. The molecular formula is C22H19BrN2O6S. The fraction of sp³-hybridized carbons (Fsp3) is 0.182. The van der Waals surface area contributed by atoms with Crippen LogP contribution in [0.2, 0.25) is 0 Å². The number of ether oxygens (including phenoxy) is 2. The highest BCUT2D eigenvalue weighted by molar-refractivity contribution is 9.10. The minimum absolute atomic E-state index is 0.201. The second kappa shape index (κ2) is 11.0. The lowest BCUT2D eigenvalue weighted by atomic mass is 10.2. The van der Waals surface area contributed by atoms with Crippen LogP contribution in [0.4, 0.5) is 10.5 Å². The van der Waals surface area contributed by atoms with Crippen LogP contribution in [0.15, 0.2) is 57.9 Å². The summed E-state index contributed by atoms with van der Waals surface area (Å²) >= 11 is 4.10. The number of carbonyl (C=O) groups excluding carboxylic acids is 4. The summed E-state index contributed by atoms with van der Waals surface area (Å²) in [6.45, 7) is 1.41. The zero-order chi connectivity index (χ0) is 23.1. The standard InChI is InChI=1S/C22H19BrN2O6S/c1-2-30-20(27)13-31-15-9-7-14(8-10-15)11-18-21(28)25(22(29)32-18)12-19(26)24-17-6-4-3-5-16(17)23/h3-11H,2,12-13H2,1H3,(H,24,26)/b18-11-. The van der Waals surface area contributed by atoms with Crippen LogP contribution in [-0.4, -0.2) is 47.7 Å². The number of nitrogens with one attached hydrogen (secondary N) is 1. The van der Waals surface area contributed by atoms with Crippen molar-refractivity contribution in [2.24, 2.45) is 0 Å². The van der Waals surface area contributed by atoms with Crippen LogP contribution in [0.3, 0.4) is 0 Å². The number of para-hydroxylation sites is 1. The minimum atomic E-state index is -0.537. The van der Waals surface area contributed by atoms with Crippen molar-refractivity contribution >= 4 is 62.5 Å². The molecule has 1 heterocycles. The molecular weight excluding hydrogens is 500 g/mol. The van der Waals surface area contributed by atoms with E-state index in [0.29, 0.717) is 21.5 Å². The number of hydrogen-bond acceptors (Lipinski definition) is 7. The Morgan fingerprint density at radius 1 is 1.12 bits per heavy atom. The lowest BCUT2D eigenvalue weighted by molar-refractivity contribution is -0.145. The summed E-state index contributed by atoms with van der Waals surface area (Å²) in [6, 6.07) is 13.7. The van der Waals surface area contributed by atoms with Crippen LogP contribution in [0.25, 0.3) is 6.08 Å². The van der Waals surface area contributed by atoms with Gasteiger partial charge in [-0.1, -0.05) is 24.3 Å². The van der Waals surface area contributed by atoms with Gasteiger partial charge in [0.15, 0.2) is 6.61 Å². The van der Waals surface area contributed by atoms with E-state index >= 15 is 0 Å². The Morgan fingerprint density at radius 2 is 1.84 bits per heavy atom. The molecule has 166 valence electrons. The average molecular weight is 519 g/mol. The van der Waals surface area contributed by atoms with Crippen LogP contribution < -0.4 is 10.1 Å². The van der Waals surface area contributed by atoms with E-state index in [-0.39, 0.29) is 24.7 Å². The highest BCUT2D eigenvalue weighted by atomic mass is 79.9. The Labute approximate surface area is 197 Å². The predicted molar refractivity (Wildman–Crippen MR) is 124 cm³/mol. The molecule has 0 aromatic heterocycles. The van der Waals surface area contributed by atoms with Crippen molar-refractivity contribution in [2.75, 3.05) is 25.1 Å². The highest BCUT2D eigenvalue weighted by Gasteiger charge is 2.36. The molecule has 2 aromatic rings. The molecule has 1 aliphatic rings. The van der Waals surface area contributed by atoms with Gasteiger partial charge in [-0.05, 0) is 70.5 Å². The fourth-order valence-corrected chi connectivity index (χ4v) is 3.91. The summed E-state index contributed by atoms with van der Waals surface area (Å²) in [5, 5.41) is 2.15. The molecule has 32 heavy (non-hydrogen) atoms. The predicted octanol–water partition coefficient (Wildman–Crippen LogP) is 4.07. The Hall–Kier alpha value is -3.11. The van der Waals surface area contributed by atoms with Gasteiger partial charge in [-0.2, -0.15) is 0 Å². The van der Waals surface area contributed by atoms with Gasteiger partial charge in [-0.3, -0.25) is 19.3 Å². The molecule has 1 saturated heterocycles. The van der Waals surface area contributed by atoms with Crippen molar-refractivity contribution in [2.45, 2.75) is 6.92 Å². The van der Waals surface area contributed by atoms with Gasteiger partial charge in [0.25, 0.3) is 11.1 Å². The number of rotatable bonds is 8. The van der Waals surface area contributed by atoms with E-state index in [1.165, 1.54) is 0 Å². The number of halogens is 1. The number of nitrogens with zero attached hydrogens (tertiary/aromatic N) is 1. The van der Waals surface area contributed by atoms with Crippen LogP contribution >= 0.6 is 27.7 Å². The number of amides is 3. The van der Waals surface area contributed by atoms with Gasteiger partial charge >= 0.3 is 5.97 Å². The van der Waals surface area contributed by atoms with Crippen LogP contribution in [0.1, 0.15) is 12.5 Å². The van der Waals surface area contributed by atoms with Gasteiger partial charge in [0.2, 0.25) is 5.91 Å². The summed E-state index contributed by atoms with van der Waals surface area (Å²) in [5.74, 6) is -1.02. The molecule has 0 radical (unpaired) electrons. The second-order valence-corrected chi connectivity index (χ2v) is 8.31. The molecule has 0 saturated carbocycles. The molecule has 10 heteroatoms. The molecule has 1 aliphatic heterocycles. The van der Waals surface area contributed by atoms with Gasteiger partial charge in [-0.15, -0.1) is 0 Å². The number of thioether (sulfide) groups is 1. The topological polar surface area (TPSA) is 102 Å². The number of anilines is 1. The second-order valence-electron chi connectivity index (χ2n) is 6.46. The summed E-state index contributed by atoms with van der Waals surface area (Å²) in [5.41, 5.74) is 1.21. The van der Waals surface area contributed by atoms with Gasteiger partial charge in [0, 0.05) is 4.47 Å². The molecule has 1 N–H and O–H groups in total. The number of carbonyl (C=O) groups is 4. The third-order valence-corrected chi connectivity index (χ3v) is 5.76. The number of hydrogen-bond donors (Lipinski definition) is 1. The van der Waals surface area contributed by atoms with Crippen LogP contribution in [-0.2, 0) is 19.1 Å². The summed E-state index contributed by atoms with van der Waals surface area (Å²) in [6.07, 6.45) is 1.56. The third kappa shape index (κ3) is 6.21. The maximum absolute atomic E-state index is 12.6. The molecule has 8 nitrogen and oxygen atoms in total. The number of imide groups is 1. The number of benzene rings is 2. The lowest BCUT2D eigenvalue weighted by Gasteiger charge is -2.13. The molecule has 0 spiro atoms. The van der Waals surface area contributed by atoms with E-state index in [1.807, 2.05) is 0 Å². The molecule has 2 aromatic carbocycles. The van der Waals surface area contributed by atoms with Crippen LogP contribution in [0, 0.1) is 0 Å². The fourth-order valence-electron chi connectivity index (χ4n) is 2.69. The minimum Gasteiger partial charge on any atom is -0.482 e. The molecule has 0 bridgehead atoms. The van der Waals surface area contributed by atoms with Crippen molar-refractivity contribution in [1.29, 1.82) is 0 Å². The first kappa shape index (κ1) is 23.6. The molecule has 0 aliphatic carbocycles. The van der Waals surface area contributed by atoms with Gasteiger partial charge in [0.1, 0.15) is 12.3 Å². The lowest BCUT2D eigenvalue weighted by Crippen LogP contribution is -2.36. The Bertz CT molecular complexity index is 1070. The Balaban J connectivity index is 1.60. The van der Waals surface area contributed by atoms with Crippen molar-refractivity contribution in [3.05, 3.63) is 63.5 Å². The average Bonchev–Trinajstić information content (AvgIpc) is 3.02. The summed E-state index contributed by atoms with van der Waals surface area (Å²) in [7, 11) is 0. The van der Waals surface area contributed by atoms with Crippen molar-refractivity contribution < 1.29 is 28.7 Å². The number of esters is 1. The normalized spacial score (nSPS) is 14.6. The van der Waals surface area contributed by atoms with Crippen LogP contribution in [0.5, 0.6) is 5.75 Å². The largest absolute Gasteiger partial charge is 0.482 e. The van der Waals surface area contributed by atoms with E-state index in [2.05, 4.69) is 21.2 Å². The van der Waals surface area contributed by atoms with Gasteiger partial charge in [0.05, 0.1) is 17.2 Å². The zero-order valence-corrected chi connectivity index (χ0v) is 19.4. The summed E-state index contributed by atoms with van der Waals surface area (Å²) in [4.78, 5) is 49.7. The van der Waals surface area contributed by atoms with E-state index < -0.39 is 23.0 Å². The van der Waals surface area contributed by atoms with Crippen molar-refractivity contribution in [3.8, 4) is 5.75 Å². The molecule has 0 unspecified atom stereocenters. The summed E-state index contributed by atoms with van der Waals surface area (Å²) < 4.78 is 10.8. The zero-order valence-electron chi connectivity index (χ0n) is 17.0. The van der Waals surface area contributed by atoms with E-state index in [9.17, 15) is 19.2 Å². The van der Waals surface area contributed by atoms with E-state index in [4.69, 9.17) is 9.47 Å². The Morgan fingerprint density at radius 3 is 2.53 bits per heavy atom. The van der Waals surface area contributed by atoms with Crippen molar-refractivity contribution in [1.82, 2.24) is 4.90 Å². The smallest absolute Gasteiger partial charge is 0.344 e. The first-order valence-electron chi connectivity index (χ1n) is 9.55. The monoisotopic (exact) mass is 518 g/mol. The maximum atomic E-state index is 12.6. The molecule has 0 atom stereocenters. The maximum Gasteiger partial charge on any atom is 0.344 e. The Kier molecular flexibility index (Phi) is 8.07. The highest BCUT2D eigenvalue weighted by Crippen LogP contribution is 2.32. The molecule has 3 rings (SSSR count). The SMILES string of the molecule is CCOC(=O)COc1ccc(/C=C2\SC(=O)N(CC(=O)Nc3ccccc3Br)C2=O)cc1. The van der Waals surface area contributed by atoms with Crippen molar-refractivity contribution in [3.63, 3.8) is 0 Å². The van der Waals surface area contributed by atoms with Gasteiger partial charge < -0.3 is 14.8 Å². The van der Waals surface area contributed by atoms with E-state index in [1.54, 1.807) is 61.5 Å². The quantitative estimate of drug-likeness (QED) is 0.415. The molecule has 1 fully saturated rings. The molecule has 3 amide bonds. The first-order chi connectivity index (χ1) is 15.4. The first-order valence-corrected chi connectivity index (χ1v) is 11.2. The van der Waals surface area contributed by atoms with E-state index in [0.717, 1.165) is 16.7 Å². The van der Waals surface area contributed by atoms with Gasteiger partial charge in [-0.25, -0.2) is 4.79 Å².